The number of alkyl halides is 3. The molecule has 0 bridgehead atoms. The fourth-order valence-corrected chi connectivity index (χ4v) is 2.97. The lowest BCUT2D eigenvalue weighted by molar-refractivity contribution is -0.141. The van der Waals surface area contributed by atoms with E-state index in [1.54, 1.807) is 13.0 Å². The molecule has 3 aromatic heterocycles. The molecule has 11 heteroatoms. The second-order valence-electron chi connectivity index (χ2n) is 6.85. The van der Waals surface area contributed by atoms with Gasteiger partial charge in [0.1, 0.15) is 22.8 Å². The van der Waals surface area contributed by atoms with Crippen molar-refractivity contribution in [3.8, 4) is 0 Å². The summed E-state index contributed by atoms with van der Waals surface area (Å²) in [6.07, 6.45) is -0.836. The van der Waals surface area contributed by atoms with Gasteiger partial charge in [0.15, 0.2) is 0 Å². The highest BCUT2D eigenvalue weighted by Crippen LogP contribution is 2.28. The van der Waals surface area contributed by atoms with Crippen LogP contribution >= 0.6 is 0 Å². The number of aromatic nitrogens is 3. The van der Waals surface area contributed by atoms with Crippen LogP contribution in [0.3, 0.4) is 0 Å². The van der Waals surface area contributed by atoms with E-state index in [1.165, 1.54) is 30.7 Å². The summed E-state index contributed by atoms with van der Waals surface area (Å²) in [6, 6.07) is 6.78. The Balaban J connectivity index is 1.49. The van der Waals surface area contributed by atoms with Crippen LogP contribution in [0, 0.1) is 5.82 Å². The van der Waals surface area contributed by atoms with Gasteiger partial charge in [0.25, 0.3) is 5.91 Å². The van der Waals surface area contributed by atoms with Gasteiger partial charge in [-0.2, -0.15) is 18.2 Å². The highest BCUT2D eigenvalue weighted by molar-refractivity contribution is 6.04. The minimum atomic E-state index is -4.60. The van der Waals surface area contributed by atoms with Crippen molar-refractivity contribution in [2.75, 3.05) is 10.6 Å². The lowest BCUT2D eigenvalue weighted by Crippen LogP contribution is -2.15. The van der Waals surface area contributed by atoms with Crippen molar-refractivity contribution in [2.45, 2.75) is 19.1 Å². The highest BCUT2D eigenvalue weighted by atomic mass is 19.4. The van der Waals surface area contributed by atoms with Gasteiger partial charge in [-0.1, -0.05) is 0 Å². The summed E-state index contributed by atoms with van der Waals surface area (Å²) in [6.45, 7) is 1.69. The van der Waals surface area contributed by atoms with Crippen molar-refractivity contribution < 1.29 is 26.8 Å². The molecule has 0 saturated carbocycles. The summed E-state index contributed by atoms with van der Waals surface area (Å²) in [5, 5.41) is 5.54. The highest BCUT2D eigenvalue weighted by Gasteiger charge is 2.32. The second kappa shape index (κ2) is 8.25. The fraction of sp³-hybridized carbons (Fsp3) is 0.143. The van der Waals surface area contributed by atoms with Gasteiger partial charge < -0.3 is 15.1 Å². The minimum Gasteiger partial charge on any atom is -0.445 e. The monoisotopic (exact) mass is 445 g/mol. The molecule has 4 rings (SSSR count). The number of nitrogens with zero attached hydrogens (tertiary/aromatic N) is 3. The van der Waals surface area contributed by atoms with E-state index in [4.69, 9.17) is 4.42 Å². The number of hydrogen-bond donors (Lipinski definition) is 2. The van der Waals surface area contributed by atoms with E-state index >= 15 is 0 Å². The molecule has 0 fully saturated rings. The van der Waals surface area contributed by atoms with Crippen molar-refractivity contribution in [3.63, 3.8) is 0 Å². The number of rotatable bonds is 5. The number of pyridine rings is 1. The Labute approximate surface area is 178 Å². The molecule has 0 radical (unpaired) electrons. The summed E-state index contributed by atoms with van der Waals surface area (Å²) >= 11 is 0. The average molecular weight is 445 g/mol. The number of furan rings is 1. The maximum absolute atomic E-state index is 14.4. The lowest BCUT2D eigenvalue weighted by Gasteiger charge is -2.17. The van der Waals surface area contributed by atoms with Gasteiger partial charge in [-0.25, -0.2) is 9.37 Å². The summed E-state index contributed by atoms with van der Waals surface area (Å²) in [5.41, 5.74) is 0.221. The van der Waals surface area contributed by atoms with E-state index in [0.717, 1.165) is 12.3 Å². The van der Waals surface area contributed by atoms with E-state index in [-0.39, 0.29) is 16.8 Å². The maximum atomic E-state index is 14.4. The first-order valence-electron chi connectivity index (χ1n) is 9.31. The second-order valence-corrected chi connectivity index (χ2v) is 6.85. The molecular formula is C21H15F4N5O2. The zero-order valence-corrected chi connectivity index (χ0v) is 16.4. The Kier molecular flexibility index (Phi) is 5.47. The Morgan fingerprint density at radius 2 is 1.91 bits per heavy atom. The van der Waals surface area contributed by atoms with Gasteiger partial charge in [0, 0.05) is 23.5 Å². The predicted molar refractivity (Wildman–Crippen MR) is 107 cm³/mol. The zero-order valence-electron chi connectivity index (χ0n) is 16.4. The maximum Gasteiger partial charge on any atom is 0.433 e. The number of anilines is 2. The van der Waals surface area contributed by atoms with E-state index in [9.17, 15) is 22.4 Å². The predicted octanol–water partition coefficient (Wildman–Crippen LogP) is 5.20. The first kappa shape index (κ1) is 21.2. The number of benzene rings is 1. The first-order valence-corrected chi connectivity index (χ1v) is 9.31. The fourth-order valence-electron chi connectivity index (χ4n) is 2.97. The van der Waals surface area contributed by atoms with Crippen LogP contribution in [-0.2, 0) is 6.18 Å². The number of carbonyl (C=O) groups is 1. The minimum absolute atomic E-state index is 0.0722. The molecule has 1 amide bonds. The van der Waals surface area contributed by atoms with E-state index in [1.807, 2.05) is 0 Å². The van der Waals surface area contributed by atoms with E-state index in [0.29, 0.717) is 23.1 Å². The molecular weight excluding hydrogens is 430 g/mol. The number of carbonyl (C=O) groups excluding carboxylic acids is 1. The summed E-state index contributed by atoms with van der Waals surface area (Å²) in [4.78, 5) is 24.0. The smallest absolute Gasteiger partial charge is 0.433 e. The normalized spacial score (nSPS) is 12.5. The number of halogens is 4. The molecule has 4 aromatic rings. The van der Waals surface area contributed by atoms with E-state index in [2.05, 4.69) is 25.6 Å². The van der Waals surface area contributed by atoms with Crippen LogP contribution in [0.5, 0.6) is 0 Å². The third-order valence-electron chi connectivity index (χ3n) is 4.57. The molecule has 0 spiro atoms. The molecule has 0 aliphatic carbocycles. The molecule has 0 unspecified atom stereocenters. The summed E-state index contributed by atoms with van der Waals surface area (Å²) in [5.74, 6) is -0.839. The van der Waals surface area contributed by atoms with Gasteiger partial charge in [-0.15, -0.1) is 0 Å². The van der Waals surface area contributed by atoms with Crippen LogP contribution in [0.4, 0.5) is 29.1 Å². The largest absolute Gasteiger partial charge is 0.445 e. The van der Waals surface area contributed by atoms with Crippen LogP contribution in [0.2, 0.25) is 0 Å². The van der Waals surface area contributed by atoms with Gasteiger partial charge in [0.05, 0.1) is 24.1 Å². The van der Waals surface area contributed by atoms with Gasteiger partial charge >= 0.3 is 6.18 Å². The molecule has 2 N–H and O–H groups in total. The van der Waals surface area contributed by atoms with Crippen molar-refractivity contribution >= 4 is 28.6 Å². The summed E-state index contributed by atoms with van der Waals surface area (Å²) in [7, 11) is 0. The third kappa shape index (κ3) is 4.51. The molecule has 0 saturated heterocycles. The van der Waals surface area contributed by atoms with Crippen LogP contribution in [-0.4, -0.2) is 20.9 Å². The van der Waals surface area contributed by atoms with Crippen LogP contribution < -0.4 is 10.6 Å². The molecule has 1 atom stereocenters. The molecule has 32 heavy (non-hydrogen) atoms. The Hall–Kier alpha value is -4.02. The van der Waals surface area contributed by atoms with Gasteiger partial charge in [-0.3, -0.25) is 9.78 Å². The first-order chi connectivity index (χ1) is 15.2. The molecule has 1 aromatic carbocycles. The average Bonchev–Trinajstić information content (AvgIpc) is 3.22. The lowest BCUT2D eigenvalue weighted by atomic mass is 10.1. The van der Waals surface area contributed by atoms with Gasteiger partial charge in [0.2, 0.25) is 5.71 Å². The van der Waals surface area contributed by atoms with Gasteiger partial charge in [-0.05, 0) is 37.3 Å². The van der Waals surface area contributed by atoms with Crippen molar-refractivity contribution in [2.24, 2.45) is 0 Å². The molecule has 164 valence electrons. The topological polar surface area (TPSA) is 92.9 Å². The van der Waals surface area contributed by atoms with Crippen LogP contribution in [0.15, 0.2) is 59.5 Å². The number of amides is 1. The number of hydrogen-bond acceptors (Lipinski definition) is 6. The Morgan fingerprint density at radius 3 is 2.62 bits per heavy atom. The number of nitrogens with one attached hydrogen (secondary N) is 2. The Bertz CT molecular complexity index is 1270. The standard InChI is InChI=1S/C21H15F4N5O2/c1-11(28-18-10-26-16-6-7-32-20(16)30-18)14-8-13(3-4-15(14)22)29-19(31)12-2-5-17(27-9-12)21(23,24)25/h2-11H,1H3,(H,28,30)(H,29,31)/t11-/m0/s1. The summed E-state index contributed by atoms with van der Waals surface area (Å²) < 4.78 is 57.5. The molecule has 7 nitrogen and oxygen atoms in total. The molecule has 0 aliphatic heterocycles. The third-order valence-corrected chi connectivity index (χ3v) is 4.57. The van der Waals surface area contributed by atoms with Crippen molar-refractivity contribution in [3.05, 3.63) is 77.7 Å². The zero-order chi connectivity index (χ0) is 22.9. The number of fused-ring (bicyclic) bond motifs is 1. The van der Waals surface area contributed by atoms with Crippen molar-refractivity contribution in [1.82, 2.24) is 15.0 Å². The SMILES string of the molecule is C[C@H](Nc1cnc2ccoc2n1)c1cc(NC(=O)c2ccc(C(F)(F)F)nc2)ccc1F. The van der Waals surface area contributed by atoms with Crippen LogP contribution in [0.25, 0.3) is 11.2 Å². The quantitative estimate of drug-likeness (QED) is 0.410. The van der Waals surface area contributed by atoms with E-state index < -0.39 is 29.6 Å². The molecule has 3 heterocycles. The van der Waals surface area contributed by atoms with Crippen molar-refractivity contribution in [1.29, 1.82) is 0 Å². The molecule has 0 aliphatic rings. The van der Waals surface area contributed by atoms with Crippen LogP contribution in [0.1, 0.15) is 34.6 Å². The Morgan fingerprint density at radius 1 is 1.09 bits per heavy atom.